The zero-order valence-corrected chi connectivity index (χ0v) is 14.8. The number of aromatic nitrogens is 1. The van der Waals surface area contributed by atoms with Crippen molar-refractivity contribution in [2.24, 2.45) is 0 Å². The molecule has 0 fully saturated rings. The number of rotatable bonds is 4. The van der Waals surface area contributed by atoms with Crippen molar-refractivity contribution in [3.05, 3.63) is 83.9 Å². The number of ether oxygens (including phenoxy) is 1. The first-order chi connectivity index (χ1) is 13.6. The quantitative estimate of drug-likeness (QED) is 0.757. The number of carbonyl (C=O) groups is 2. The molecule has 0 spiro atoms. The number of anilines is 2. The molecule has 1 aromatic heterocycles. The van der Waals surface area contributed by atoms with E-state index in [-0.39, 0.29) is 30.8 Å². The van der Waals surface area contributed by atoms with Crippen LogP contribution in [0.3, 0.4) is 0 Å². The number of halogens is 1. The molecule has 0 unspecified atom stereocenters. The summed E-state index contributed by atoms with van der Waals surface area (Å²) in [7, 11) is 0. The number of pyridine rings is 1. The Balaban J connectivity index is 1.60. The van der Waals surface area contributed by atoms with Crippen LogP contribution in [0.1, 0.15) is 15.9 Å². The van der Waals surface area contributed by atoms with Gasteiger partial charge in [-0.05, 0) is 48.0 Å². The minimum Gasteiger partial charge on any atom is -0.482 e. The number of benzene rings is 2. The Hall–Kier alpha value is -3.74. The minimum atomic E-state index is -0.335. The van der Waals surface area contributed by atoms with Crippen molar-refractivity contribution in [2.75, 3.05) is 16.8 Å². The van der Waals surface area contributed by atoms with Gasteiger partial charge in [-0.25, -0.2) is 4.39 Å². The lowest BCUT2D eigenvalue weighted by Gasteiger charge is -2.30. The summed E-state index contributed by atoms with van der Waals surface area (Å²) in [5.74, 6) is -0.312. The summed E-state index contributed by atoms with van der Waals surface area (Å²) in [6.07, 6.45) is 3.06. The van der Waals surface area contributed by atoms with Crippen LogP contribution in [-0.4, -0.2) is 23.4 Å². The number of amides is 2. The second-order valence-corrected chi connectivity index (χ2v) is 6.27. The molecule has 140 valence electrons. The Morgan fingerprint density at radius 2 is 2.00 bits per heavy atom. The summed E-state index contributed by atoms with van der Waals surface area (Å²) in [6.45, 7) is 0.199. The van der Waals surface area contributed by atoms with Gasteiger partial charge in [0.2, 0.25) is 0 Å². The van der Waals surface area contributed by atoms with Gasteiger partial charge in [0.25, 0.3) is 11.8 Å². The fourth-order valence-corrected chi connectivity index (χ4v) is 2.93. The molecule has 0 radical (unpaired) electrons. The Kier molecular flexibility index (Phi) is 4.72. The average Bonchev–Trinajstić information content (AvgIpc) is 2.72. The van der Waals surface area contributed by atoms with E-state index >= 15 is 0 Å². The minimum absolute atomic E-state index is 0.0738. The molecule has 0 aliphatic carbocycles. The van der Waals surface area contributed by atoms with Crippen molar-refractivity contribution in [3.63, 3.8) is 0 Å². The molecule has 7 heteroatoms. The van der Waals surface area contributed by atoms with Crippen LogP contribution < -0.4 is 15.0 Å². The van der Waals surface area contributed by atoms with Crippen LogP contribution in [0.25, 0.3) is 0 Å². The number of carbonyl (C=O) groups excluding carboxylic acids is 2. The fourth-order valence-electron chi connectivity index (χ4n) is 2.93. The molecule has 0 saturated carbocycles. The predicted molar refractivity (Wildman–Crippen MR) is 102 cm³/mol. The first kappa shape index (κ1) is 17.7. The maximum absolute atomic E-state index is 13.2. The van der Waals surface area contributed by atoms with Gasteiger partial charge in [-0.1, -0.05) is 12.1 Å². The summed E-state index contributed by atoms with van der Waals surface area (Å²) < 4.78 is 18.6. The lowest BCUT2D eigenvalue weighted by molar-refractivity contribution is -0.121. The summed E-state index contributed by atoms with van der Waals surface area (Å²) in [6, 6.07) is 14.4. The molecular formula is C21H16FN3O3. The molecule has 1 N–H and O–H groups in total. The van der Waals surface area contributed by atoms with Gasteiger partial charge in [0.1, 0.15) is 11.6 Å². The van der Waals surface area contributed by atoms with E-state index in [0.717, 1.165) is 5.56 Å². The van der Waals surface area contributed by atoms with Gasteiger partial charge in [0.15, 0.2) is 6.61 Å². The number of nitrogens with one attached hydrogen (secondary N) is 1. The molecule has 0 saturated heterocycles. The van der Waals surface area contributed by atoms with Gasteiger partial charge < -0.3 is 15.0 Å². The van der Waals surface area contributed by atoms with E-state index in [0.29, 0.717) is 22.7 Å². The highest BCUT2D eigenvalue weighted by Crippen LogP contribution is 2.35. The SMILES string of the molecule is O=C(Nc1ccc2c(c1)N(Cc1ccc(F)cc1)C(=O)CO2)c1cccnc1. The molecule has 6 nitrogen and oxygen atoms in total. The van der Waals surface area contributed by atoms with Crippen LogP contribution in [0.5, 0.6) is 5.75 Å². The molecule has 0 bridgehead atoms. The van der Waals surface area contributed by atoms with Gasteiger partial charge in [0, 0.05) is 18.1 Å². The third-order valence-electron chi connectivity index (χ3n) is 4.34. The maximum atomic E-state index is 13.2. The van der Waals surface area contributed by atoms with Gasteiger partial charge in [-0.2, -0.15) is 0 Å². The summed E-state index contributed by atoms with van der Waals surface area (Å²) >= 11 is 0. The van der Waals surface area contributed by atoms with Crippen LogP contribution in [0.2, 0.25) is 0 Å². The molecule has 3 aromatic rings. The third kappa shape index (κ3) is 3.68. The van der Waals surface area contributed by atoms with E-state index in [2.05, 4.69) is 10.3 Å². The second kappa shape index (κ2) is 7.48. The lowest BCUT2D eigenvalue weighted by atomic mass is 10.1. The van der Waals surface area contributed by atoms with Crippen LogP contribution in [0.15, 0.2) is 67.0 Å². The Morgan fingerprint density at radius 3 is 2.75 bits per heavy atom. The zero-order valence-electron chi connectivity index (χ0n) is 14.8. The van der Waals surface area contributed by atoms with Crippen molar-refractivity contribution in [1.29, 1.82) is 0 Å². The topological polar surface area (TPSA) is 71.5 Å². The van der Waals surface area contributed by atoms with Gasteiger partial charge in [0.05, 0.1) is 17.8 Å². The lowest BCUT2D eigenvalue weighted by Crippen LogP contribution is -2.38. The molecule has 28 heavy (non-hydrogen) atoms. The average molecular weight is 377 g/mol. The predicted octanol–water partition coefficient (Wildman–Crippen LogP) is 3.40. The number of hydrogen-bond donors (Lipinski definition) is 1. The third-order valence-corrected chi connectivity index (χ3v) is 4.34. The van der Waals surface area contributed by atoms with Crippen molar-refractivity contribution >= 4 is 23.2 Å². The summed E-state index contributed by atoms with van der Waals surface area (Å²) in [5, 5.41) is 2.79. The van der Waals surface area contributed by atoms with E-state index < -0.39 is 0 Å². The number of hydrogen-bond acceptors (Lipinski definition) is 4. The Labute approximate surface area is 160 Å². The fraction of sp³-hybridized carbons (Fsp3) is 0.0952. The highest BCUT2D eigenvalue weighted by molar-refractivity contribution is 6.05. The number of nitrogens with zero attached hydrogens (tertiary/aromatic N) is 2. The van der Waals surface area contributed by atoms with Crippen LogP contribution in [-0.2, 0) is 11.3 Å². The molecule has 4 rings (SSSR count). The molecule has 1 aliphatic heterocycles. The van der Waals surface area contributed by atoms with E-state index in [1.54, 1.807) is 53.6 Å². The van der Waals surface area contributed by atoms with Crippen molar-refractivity contribution in [2.45, 2.75) is 6.54 Å². The zero-order chi connectivity index (χ0) is 19.5. The van der Waals surface area contributed by atoms with Crippen molar-refractivity contribution < 1.29 is 18.7 Å². The van der Waals surface area contributed by atoms with Crippen LogP contribution in [0.4, 0.5) is 15.8 Å². The standard InChI is InChI=1S/C21H16FN3O3/c22-16-5-3-14(4-6-16)12-25-18-10-17(7-8-19(18)28-13-20(25)26)24-21(27)15-2-1-9-23-11-15/h1-11H,12-13H2,(H,24,27). The summed E-state index contributed by atoms with van der Waals surface area (Å²) in [4.78, 5) is 30.3. The Morgan fingerprint density at radius 1 is 1.18 bits per heavy atom. The monoisotopic (exact) mass is 377 g/mol. The van der Waals surface area contributed by atoms with Crippen LogP contribution in [0, 0.1) is 5.82 Å². The maximum Gasteiger partial charge on any atom is 0.265 e. The smallest absolute Gasteiger partial charge is 0.265 e. The highest BCUT2D eigenvalue weighted by atomic mass is 19.1. The van der Waals surface area contributed by atoms with Crippen molar-refractivity contribution in [3.8, 4) is 5.75 Å². The van der Waals surface area contributed by atoms with E-state index in [4.69, 9.17) is 4.74 Å². The molecule has 2 aromatic carbocycles. The first-order valence-corrected chi connectivity index (χ1v) is 8.63. The van der Waals surface area contributed by atoms with E-state index in [1.165, 1.54) is 18.3 Å². The Bertz CT molecular complexity index is 1020. The highest BCUT2D eigenvalue weighted by Gasteiger charge is 2.26. The summed E-state index contributed by atoms with van der Waals surface area (Å²) in [5.41, 5.74) is 2.28. The van der Waals surface area contributed by atoms with Gasteiger partial charge >= 0.3 is 0 Å². The first-order valence-electron chi connectivity index (χ1n) is 8.63. The number of fused-ring (bicyclic) bond motifs is 1. The van der Waals surface area contributed by atoms with Crippen LogP contribution >= 0.6 is 0 Å². The largest absolute Gasteiger partial charge is 0.482 e. The molecule has 0 atom stereocenters. The molecule has 2 amide bonds. The molecule has 1 aliphatic rings. The van der Waals surface area contributed by atoms with Crippen molar-refractivity contribution in [1.82, 2.24) is 4.98 Å². The second-order valence-electron chi connectivity index (χ2n) is 6.27. The molecular weight excluding hydrogens is 361 g/mol. The van der Waals surface area contributed by atoms with E-state index in [9.17, 15) is 14.0 Å². The molecule has 2 heterocycles. The normalized spacial score (nSPS) is 12.9. The van der Waals surface area contributed by atoms with E-state index in [1.807, 2.05) is 0 Å². The van der Waals surface area contributed by atoms with Gasteiger partial charge in [-0.15, -0.1) is 0 Å². The van der Waals surface area contributed by atoms with Gasteiger partial charge in [-0.3, -0.25) is 14.6 Å².